The second kappa shape index (κ2) is 3.89. The van der Waals surface area contributed by atoms with E-state index in [1.165, 1.54) is 6.20 Å². The molecule has 16 heavy (non-hydrogen) atoms. The second-order valence-corrected chi connectivity index (χ2v) is 3.55. The Balaban J connectivity index is 2.58. The number of nitrogens with zero attached hydrogens (tertiary/aromatic N) is 1. The lowest BCUT2D eigenvalue weighted by Crippen LogP contribution is -1.95. The van der Waals surface area contributed by atoms with Crippen molar-refractivity contribution in [3.05, 3.63) is 47.7 Å². The summed E-state index contributed by atoms with van der Waals surface area (Å²) in [5.74, 6) is -0.571. The first-order valence-corrected chi connectivity index (χ1v) is 4.75. The van der Waals surface area contributed by atoms with Crippen molar-refractivity contribution in [1.82, 2.24) is 4.98 Å². The van der Waals surface area contributed by atoms with E-state index >= 15 is 0 Å². The van der Waals surface area contributed by atoms with Crippen LogP contribution in [0.15, 0.2) is 30.5 Å². The standard InChI is InChI=1S/C12H10F2N2/c1-7-4-8(6-16-12(7)15)10-5-9(13)2-3-11(10)14/h2-6H,1H3,(H2,15,16). The Morgan fingerprint density at radius 1 is 1.19 bits per heavy atom. The average molecular weight is 220 g/mol. The number of benzene rings is 1. The van der Waals surface area contributed by atoms with Gasteiger partial charge in [-0.3, -0.25) is 0 Å². The number of nitrogens with two attached hydrogens (primary N) is 1. The van der Waals surface area contributed by atoms with E-state index in [9.17, 15) is 8.78 Å². The van der Waals surface area contributed by atoms with E-state index in [1.807, 2.05) is 0 Å². The zero-order chi connectivity index (χ0) is 11.7. The molecule has 2 rings (SSSR count). The summed E-state index contributed by atoms with van der Waals surface area (Å²) in [4.78, 5) is 3.91. The number of rotatable bonds is 1. The van der Waals surface area contributed by atoms with Gasteiger partial charge in [-0.15, -0.1) is 0 Å². The summed E-state index contributed by atoms with van der Waals surface area (Å²) in [6.07, 6.45) is 1.43. The smallest absolute Gasteiger partial charge is 0.131 e. The predicted octanol–water partition coefficient (Wildman–Crippen LogP) is 2.92. The molecule has 4 heteroatoms. The molecule has 2 nitrogen and oxygen atoms in total. The van der Waals surface area contributed by atoms with Crippen LogP contribution in [0.5, 0.6) is 0 Å². The number of hydrogen-bond acceptors (Lipinski definition) is 2. The molecule has 1 aromatic carbocycles. The van der Waals surface area contributed by atoms with Gasteiger partial charge in [0.15, 0.2) is 0 Å². The quantitative estimate of drug-likeness (QED) is 0.802. The molecule has 0 saturated carbocycles. The molecule has 0 aliphatic carbocycles. The van der Waals surface area contributed by atoms with Crippen molar-refractivity contribution in [1.29, 1.82) is 0 Å². The largest absolute Gasteiger partial charge is 0.383 e. The SMILES string of the molecule is Cc1cc(-c2cc(F)ccc2F)cnc1N. The first-order valence-electron chi connectivity index (χ1n) is 4.75. The van der Waals surface area contributed by atoms with Gasteiger partial charge >= 0.3 is 0 Å². The van der Waals surface area contributed by atoms with Crippen molar-refractivity contribution >= 4 is 5.82 Å². The van der Waals surface area contributed by atoms with Gasteiger partial charge in [-0.25, -0.2) is 13.8 Å². The minimum atomic E-state index is -0.481. The third-order valence-corrected chi connectivity index (χ3v) is 2.36. The highest BCUT2D eigenvalue weighted by Gasteiger charge is 2.08. The lowest BCUT2D eigenvalue weighted by atomic mass is 10.1. The van der Waals surface area contributed by atoms with Crippen LogP contribution in [-0.4, -0.2) is 4.98 Å². The first-order chi connectivity index (χ1) is 7.58. The van der Waals surface area contributed by atoms with E-state index in [1.54, 1.807) is 13.0 Å². The van der Waals surface area contributed by atoms with Crippen LogP contribution in [0.25, 0.3) is 11.1 Å². The Bertz CT molecular complexity index is 539. The number of halogens is 2. The number of nitrogen functional groups attached to an aromatic ring is 1. The molecule has 0 radical (unpaired) electrons. The summed E-state index contributed by atoms with van der Waals surface area (Å²) in [6.45, 7) is 1.77. The van der Waals surface area contributed by atoms with Gasteiger partial charge in [-0.1, -0.05) is 0 Å². The van der Waals surface area contributed by atoms with Crippen molar-refractivity contribution in [2.75, 3.05) is 5.73 Å². The number of aromatic nitrogens is 1. The molecule has 0 atom stereocenters. The van der Waals surface area contributed by atoms with Crippen molar-refractivity contribution in [3.8, 4) is 11.1 Å². The van der Waals surface area contributed by atoms with Crippen molar-refractivity contribution in [2.24, 2.45) is 0 Å². The summed E-state index contributed by atoms with van der Waals surface area (Å²) in [6, 6.07) is 4.99. The summed E-state index contributed by atoms with van der Waals surface area (Å²) in [5, 5.41) is 0. The zero-order valence-electron chi connectivity index (χ0n) is 8.67. The van der Waals surface area contributed by atoms with Crippen LogP contribution in [0.4, 0.5) is 14.6 Å². The van der Waals surface area contributed by atoms with Gasteiger partial charge in [0.1, 0.15) is 17.5 Å². The van der Waals surface area contributed by atoms with Crippen LogP contribution < -0.4 is 5.73 Å². The van der Waals surface area contributed by atoms with Crippen LogP contribution in [0.2, 0.25) is 0 Å². The van der Waals surface area contributed by atoms with E-state index in [2.05, 4.69) is 4.98 Å². The Morgan fingerprint density at radius 2 is 1.94 bits per heavy atom. The highest BCUT2D eigenvalue weighted by atomic mass is 19.1. The topological polar surface area (TPSA) is 38.9 Å². The minimum Gasteiger partial charge on any atom is -0.383 e. The number of anilines is 1. The average Bonchev–Trinajstić information content (AvgIpc) is 2.26. The molecule has 0 unspecified atom stereocenters. The van der Waals surface area contributed by atoms with Crippen LogP contribution in [0, 0.1) is 18.6 Å². The maximum absolute atomic E-state index is 13.5. The lowest BCUT2D eigenvalue weighted by molar-refractivity contribution is 0.603. The molecular weight excluding hydrogens is 210 g/mol. The number of pyridine rings is 1. The fourth-order valence-corrected chi connectivity index (χ4v) is 1.45. The Kier molecular flexibility index (Phi) is 2.56. The van der Waals surface area contributed by atoms with E-state index in [-0.39, 0.29) is 5.56 Å². The van der Waals surface area contributed by atoms with Crippen LogP contribution >= 0.6 is 0 Å². The first kappa shape index (κ1) is 10.5. The summed E-state index contributed by atoms with van der Waals surface area (Å²) >= 11 is 0. The molecule has 0 aliphatic rings. The van der Waals surface area contributed by atoms with Crippen LogP contribution in [-0.2, 0) is 0 Å². The molecule has 0 spiro atoms. The predicted molar refractivity (Wildman–Crippen MR) is 58.7 cm³/mol. The van der Waals surface area contributed by atoms with Gasteiger partial charge in [0.25, 0.3) is 0 Å². The Labute approximate surface area is 91.7 Å². The van der Waals surface area contributed by atoms with Gasteiger partial charge in [0, 0.05) is 17.3 Å². The molecule has 2 aromatic rings. The van der Waals surface area contributed by atoms with Crippen molar-refractivity contribution in [2.45, 2.75) is 6.92 Å². The van der Waals surface area contributed by atoms with Crippen molar-refractivity contribution < 1.29 is 8.78 Å². The monoisotopic (exact) mass is 220 g/mol. The van der Waals surface area contributed by atoms with Crippen LogP contribution in [0.1, 0.15) is 5.56 Å². The number of aryl methyl sites for hydroxylation is 1. The summed E-state index contributed by atoms with van der Waals surface area (Å²) in [7, 11) is 0. The van der Waals surface area contributed by atoms with Gasteiger partial charge in [-0.05, 0) is 36.8 Å². The molecule has 0 fully saturated rings. The summed E-state index contributed by atoms with van der Waals surface area (Å²) in [5.41, 5.74) is 7.00. The minimum absolute atomic E-state index is 0.190. The molecule has 82 valence electrons. The molecule has 0 amide bonds. The summed E-state index contributed by atoms with van der Waals surface area (Å²) < 4.78 is 26.5. The van der Waals surface area contributed by atoms with Gasteiger partial charge in [-0.2, -0.15) is 0 Å². The van der Waals surface area contributed by atoms with E-state index in [0.717, 1.165) is 23.8 Å². The molecule has 1 heterocycles. The molecule has 2 N–H and O–H groups in total. The Morgan fingerprint density at radius 3 is 2.62 bits per heavy atom. The van der Waals surface area contributed by atoms with E-state index in [4.69, 9.17) is 5.73 Å². The molecule has 0 saturated heterocycles. The maximum Gasteiger partial charge on any atom is 0.131 e. The fourth-order valence-electron chi connectivity index (χ4n) is 1.45. The number of hydrogen-bond donors (Lipinski definition) is 1. The van der Waals surface area contributed by atoms with Crippen LogP contribution in [0.3, 0.4) is 0 Å². The van der Waals surface area contributed by atoms with E-state index < -0.39 is 11.6 Å². The van der Waals surface area contributed by atoms with Crippen molar-refractivity contribution in [3.63, 3.8) is 0 Å². The molecule has 1 aromatic heterocycles. The maximum atomic E-state index is 13.5. The fraction of sp³-hybridized carbons (Fsp3) is 0.0833. The van der Waals surface area contributed by atoms with Gasteiger partial charge < -0.3 is 5.73 Å². The molecular formula is C12H10F2N2. The Hall–Kier alpha value is -1.97. The highest BCUT2D eigenvalue weighted by molar-refractivity contribution is 5.65. The van der Waals surface area contributed by atoms with Gasteiger partial charge in [0.2, 0.25) is 0 Å². The molecule has 0 aliphatic heterocycles. The lowest BCUT2D eigenvalue weighted by Gasteiger charge is -2.05. The zero-order valence-corrected chi connectivity index (χ0v) is 8.67. The molecule has 0 bridgehead atoms. The third-order valence-electron chi connectivity index (χ3n) is 2.36. The third kappa shape index (κ3) is 1.86. The van der Waals surface area contributed by atoms with Gasteiger partial charge in [0.05, 0.1) is 0 Å². The normalized spacial score (nSPS) is 10.4. The van der Waals surface area contributed by atoms with E-state index in [0.29, 0.717) is 11.4 Å². The highest BCUT2D eigenvalue weighted by Crippen LogP contribution is 2.25. The second-order valence-electron chi connectivity index (χ2n) is 3.55.